The van der Waals surface area contributed by atoms with Gasteiger partial charge in [0.05, 0.1) is 17.7 Å². The standard InChI is InChI=1S/C15H15ClFNO4/c1-21-8-10-3-5-14(22-10)15(20)18-13(7-19)9-2-4-11(16)12(17)6-9/h2-6,13,19H,7-8H2,1H3,(H,18,20). The van der Waals surface area contributed by atoms with Crippen LogP contribution < -0.4 is 5.32 Å². The third-order valence-electron chi connectivity index (χ3n) is 3.01. The molecule has 0 bridgehead atoms. The maximum atomic E-state index is 13.5. The molecule has 0 saturated carbocycles. The summed E-state index contributed by atoms with van der Waals surface area (Å²) in [6.07, 6.45) is 0. The molecule has 0 radical (unpaired) electrons. The van der Waals surface area contributed by atoms with Gasteiger partial charge in [0.15, 0.2) is 5.76 Å². The monoisotopic (exact) mass is 327 g/mol. The molecule has 1 heterocycles. The van der Waals surface area contributed by atoms with Crippen LogP contribution in [0.2, 0.25) is 5.02 Å². The minimum atomic E-state index is -0.768. The van der Waals surface area contributed by atoms with Crippen molar-refractivity contribution < 1.29 is 23.4 Å². The average molecular weight is 328 g/mol. The minimum absolute atomic E-state index is 0.0259. The van der Waals surface area contributed by atoms with Gasteiger partial charge in [-0.15, -0.1) is 0 Å². The van der Waals surface area contributed by atoms with Gasteiger partial charge >= 0.3 is 0 Å². The fourth-order valence-corrected chi connectivity index (χ4v) is 2.03. The Morgan fingerprint density at radius 1 is 1.45 bits per heavy atom. The van der Waals surface area contributed by atoms with E-state index in [4.69, 9.17) is 20.8 Å². The highest BCUT2D eigenvalue weighted by atomic mass is 35.5. The van der Waals surface area contributed by atoms with E-state index in [0.29, 0.717) is 11.3 Å². The normalized spacial score (nSPS) is 12.2. The number of benzene rings is 1. The third-order valence-corrected chi connectivity index (χ3v) is 3.31. The molecule has 0 aliphatic carbocycles. The van der Waals surface area contributed by atoms with Crippen LogP contribution in [0.4, 0.5) is 4.39 Å². The van der Waals surface area contributed by atoms with Crippen LogP contribution in [0.15, 0.2) is 34.7 Å². The molecule has 1 atom stereocenters. The molecule has 1 unspecified atom stereocenters. The summed E-state index contributed by atoms with van der Waals surface area (Å²) in [6.45, 7) is -0.141. The third kappa shape index (κ3) is 3.85. The molecule has 22 heavy (non-hydrogen) atoms. The lowest BCUT2D eigenvalue weighted by atomic mass is 10.1. The molecule has 0 aliphatic rings. The zero-order valence-corrected chi connectivity index (χ0v) is 12.6. The number of carbonyl (C=O) groups excluding carboxylic acids is 1. The molecule has 118 valence electrons. The van der Waals surface area contributed by atoms with Crippen molar-refractivity contribution in [2.24, 2.45) is 0 Å². The predicted octanol–water partition coefficient (Wildman–Crippen LogP) is 2.68. The summed E-state index contributed by atoms with van der Waals surface area (Å²) in [5.41, 5.74) is 0.404. The van der Waals surface area contributed by atoms with Gasteiger partial charge in [-0.3, -0.25) is 4.79 Å². The van der Waals surface area contributed by atoms with E-state index < -0.39 is 24.4 Å². The van der Waals surface area contributed by atoms with Crippen LogP contribution in [-0.2, 0) is 11.3 Å². The van der Waals surface area contributed by atoms with Gasteiger partial charge in [0, 0.05) is 7.11 Å². The van der Waals surface area contributed by atoms with E-state index in [-0.39, 0.29) is 17.4 Å². The lowest BCUT2D eigenvalue weighted by Crippen LogP contribution is -2.30. The first-order valence-corrected chi connectivity index (χ1v) is 6.87. The van der Waals surface area contributed by atoms with Crippen molar-refractivity contribution in [3.63, 3.8) is 0 Å². The first-order valence-electron chi connectivity index (χ1n) is 6.49. The molecular formula is C15H15ClFNO4. The van der Waals surface area contributed by atoms with Crippen molar-refractivity contribution in [2.45, 2.75) is 12.6 Å². The van der Waals surface area contributed by atoms with E-state index in [1.165, 1.54) is 31.4 Å². The Balaban J connectivity index is 2.11. The van der Waals surface area contributed by atoms with Gasteiger partial charge in [0.2, 0.25) is 0 Å². The summed E-state index contributed by atoms with van der Waals surface area (Å²) >= 11 is 5.61. The SMILES string of the molecule is COCc1ccc(C(=O)NC(CO)c2ccc(Cl)c(F)c2)o1. The van der Waals surface area contributed by atoms with E-state index in [1.54, 1.807) is 6.07 Å². The molecule has 0 aliphatic heterocycles. The van der Waals surface area contributed by atoms with Crippen molar-refractivity contribution in [1.82, 2.24) is 5.32 Å². The molecule has 2 N–H and O–H groups in total. The summed E-state index contributed by atoms with van der Waals surface area (Å²) in [7, 11) is 1.51. The first-order chi connectivity index (χ1) is 10.5. The number of nitrogens with one attached hydrogen (secondary N) is 1. The summed E-state index contributed by atoms with van der Waals surface area (Å²) in [5.74, 6) is -0.547. The van der Waals surface area contributed by atoms with Crippen LogP contribution in [0.25, 0.3) is 0 Å². The summed E-state index contributed by atoms with van der Waals surface area (Å²) in [6, 6.07) is 6.42. The zero-order chi connectivity index (χ0) is 16.1. The second-order valence-corrected chi connectivity index (χ2v) is 4.99. The topological polar surface area (TPSA) is 71.7 Å². The van der Waals surface area contributed by atoms with Crippen LogP contribution >= 0.6 is 11.6 Å². The number of aliphatic hydroxyl groups is 1. The molecule has 1 aromatic carbocycles. The lowest BCUT2D eigenvalue weighted by Gasteiger charge is -2.16. The van der Waals surface area contributed by atoms with Crippen LogP contribution in [-0.4, -0.2) is 24.7 Å². The Kier molecular flexibility index (Phi) is 5.54. The fraction of sp³-hybridized carbons (Fsp3) is 0.267. The lowest BCUT2D eigenvalue weighted by molar-refractivity contribution is 0.0879. The zero-order valence-electron chi connectivity index (χ0n) is 11.8. The van der Waals surface area contributed by atoms with Crippen molar-refractivity contribution in [2.75, 3.05) is 13.7 Å². The van der Waals surface area contributed by atoms with Crippen LogP contribution in [0.5, 0.6) is 0 Å². The van der Waals surface area contributed by atoms with Gasteiger partial charge in [-0.2, -0.15) is 0 Å². The summed E-state index contributed by atoms with van der Waals surface area (Å²) < 4.78 is 23.7. The van der Waals surface area contributed by atoms with Gasteiger partial charge < -0.3 is 19.6 Å². The molecule has 1 aromatic heterocycles. The molecule has 2 rings (SSSR count). The number of carbonyl (C=O) groups is 1. The fourth-order valence-electron chi connectivity index (χ4n) is 1.91. The summed E-state index contributed by atoms with van der Waals surface area (Å²) in [4.78, 5) is 12.1. The van der Waals surface area contributed by atoms with Crippen LogP contribution in [0, 0.1) is 5.82 Å². The van der Waals surface area contributed by atoms with E-state index in [2.05, 4.69) is 5.32 Å². The second-order valence-electron chi connectivity index (χ2n) is 4.58. The maximum Gasteiger partial charge on any atom is 0.287 e. The number of furan rings is 1. The van der Waals surface area contributed by atoms with Crippen molar-refractivity contribution in [3.05, 3.63) is 58.3 Å². The maximum absolute atomic E-state index is 13.5. The number of halogens is 2. The average Bonchev–Trinajstić information content (AvgIpc) is 2.96. The van der Waals surface area contributed by atoms with Gasteiger partial charge in [-0.1, -0.05) is 17.7 Å². The smallest absolute Gasteiger partial charge is 0.287 e. The second kappa shape index (κ2) is 7.40. The Bertz CT molecular complexity index is 659. The molecule has 7 heteroatoms. The molecular weight excluding hydrogens is 313 g/mol. The molecule has 2 aromatic rings. The number of aliphatic hydroxyl groups excluding tert-OH is 1. The van der Waals surface area contributed by atoms with Gasteiger partial charge in [-0.25, -0.2) is 4.39 Å². The van der Waals surface area contributed by atoms with Gasteiger partial charge in [-0.05, 0) is 29.8 Å². The number of hydrogen-bond acceptors (Lipinski definition) is 4. The number of amides is 1. The molecule has 1 amide bonds. The molecule has 0 spiro atoms. The van der Waals surface area contributed by atoms with E-state index in [0.717, 1.165) is 0 Å². The number of rotatable bonds is 6. The van der Waals surface area contributed by atoms with Gasteiger partial charge in [0.1, 0.15) is 18.2 Å². The molecule has 5 nitrogen and oxygen atoms in total. The van der Waals surface area contributed by atoms with Crippen LogP contribution in [0.1, 0.15) is 27.9 Å². The predicted molar refractivity (Wildman–Crippen MR) is 78.1 cm³/mol. The van der Waals surface area contributed by atoms with E-state index >= 15 is 0 Å². The first kappa shape index (κ1) is 16.5. The quantitative estimate of drug-likeness (QED) is 0.855. The highest BCUT2D eigenvalue weighted by Crippen LogP contribution is 2.21. The van der Waals surface area contributed by atoms with E-state index in [1.807, 2.05) is 0 Å². The Morgan fingerprint density at radius 3 is 2.86 bits per heavy atom. The molecule has 0 fully saturated rings. The van der Waals surface area contributed by atoms with Gasteiger partial charge in [0.25, 0.3) is 5.91 Å². The molecule has 0 saturated heterocycles. The minimum Gasteiger partial charge on any atom is -0.453 e. The Morgan fingerprint density at radius 2 is 2.23 bits per heavy atom. The largest absolute Gasteiger partial charge is 0.453 e. The number of methoxy groups -OCH3 is 1. The van der Waals surface area contributed by atoms with Crippen molar-refractivity contribution >= 4 is 17.5 Å². The van der Waals surface area contributed by atoms with E-state index in [9.17, 15) is 14.3 Å². The Hall–Kier alpha value is -1.89. The highest BCUT2D eigenvalue weighted by molar-refractivity contribution is 6.30. The van der Waals surface area contributed by atoms with Crippen molar-refractivity contribution in [1.29, 1.82) is 0 Å². The van der Waals surface area contributed by atoms with Crippen molar-refractivity contribution in [3.8, 4) is 0 Å². The number of ether oxygens (including phenoxy) is 1. The number of hydrogen-bond donors (Lipinski definition) is 2. The summed E-state index contributed by atoms with van der Waals surface area (Å²) in [5, 5.41) is 11.9. The highest BCUT2D eigenvalue weighted by Gasteiger charge is 2.18. The Labute approximate surface area is 131 Å². The van der Waals surface area contributed by atoms with Crippen LogP contribution in [0.3, 0.4) is 0 Å².